The minimum atomic E-state index is -1.18. The van der Waals surface area contributed by atoms with Crippen LogP contribution in [0.15, 0.2) is 42.5 Å². The van der Waals surface area contributed by atoms with E-state index in [1.54, 1.807) is 19.1 Å². The molecule has 6 nitrogen and oxygen atoms in total. The van der Waals surface area contributed by atoms with Gasteiger partial charge in [0.05, 0.1) is 22.8 Å². The van der Waals surface area contributed by atoms with E-state index in [0.717, 1.165) is 80.1 Å². The maximum Gasteiger partial charge on any atom is 0.278 e. The van der Waals surface area contributed by atoms with E-state index in [9.17, 15) is 9.18 Å². The van der Waals surface area contributed by atoms with E-state index in [2.05, 4.69) is 37.1 Å². The zero-order chi connectivity index (χ0) is 30.6. The maximum atomic E-state index is 14.4. The van der Waals surface area contributed by atoms with Crippen LogP contribution in [0.25, 0.3) is 0 Å². The molecule has 0 radical (unpaired) electrons. The minimum Gasteiger partial charge on any atom is -0.444 e. The second-order valence-electron chi connectivity index (χ2n) is 11.5. The topological polar surface area (TPSA) is 60.0 Å². The second-order valence-corrected chi connectivity index (χ2v) is 13.0. The van der Waals surface area contributed by atoms with Crippen molar-refractivity contribution in [2.45, 2.75) is 96.6 Å². The molecular formula is C34H41ClFN2O4SU-. The van der Waals surface area contributed by atoms with Crippen molar-refractivity contribution in [1.29, 1.82) is 0 Å². The summed E-state index contributed by atoms with van der Waals surface area (Å²) < 4.78 is 32.2. The molecule has 1 aromatic heterocycles. The van der Waals surface area contributed by atoms with Crippen molar-refractivity contribution in [1.82, 2.24) is 0 Å². The van der Waals surface area contributed by atoms with Crippen molar-refractivity contribution in [2.24, 2.45) is 0 Å². The van der Waals surface area contributed by atoms with Gasteiger partial charge in [0.2, 0.25) is 0 Å². The fraction of sp³-hybridized carbons (Fsp3) is 0.500. The number of thiophene rings is 1. The average molecular weight is 866 g/mol. The Morgan fingerprint density at radius 2 is 1.89 bits per heavy atom. The van der Waals surface area contributed by atoms with E-state index in [1.165, 1.54) is 17.4 Å². The normalized spacial score (nSPS) is 21.1. The summed E-state index contributed by atoms with van der Waals surface area (Å²) in [6.45, 7) is 10.1. The van der Waals surface area contributed by atoms with Gasteiger partial charge in [0.1, 0.15) is 5.82 Å². The van der Waals surface area contributed by atoms with Gasteiger partial charge in [-0.1, -0.05) is 68.6 Å². The number of anilines is 2. The Labute approximate surface area is 293 Å². The van der Waals surface area contributed by atoms with Crippen LogP contribution in [0.1, 0.15) is 94.6 Å². The standard InChI is InChI=1S/C21H24ClFO2.C13H17N2O2S.U/c1-4-7-14(8-5-2)16-9-6-10-19-20(16)25-21(3,24-19)17-12-11-15(22)13-18(17)23;1-2-3-12-14-13-11(6-10(8-16)18-13)15(12)7-9-4-5-17-9;/h6,9-14H,4-5,7-8H2,1-3H3;6,9,12,14H,2-5,7H2,1H3;/q;-1;. The molecule has 0 amide bonds. The van der Waals surface area contributed by atoms with Gasteiger partial charge in [0.15, 0.2) is 11.5 Å². The molecule has 1 N–H and O–H groups in total. The molecule has 3 aliphatic heterocycles. The Kier molecular flexibility index (Phi) is 12.5. The summed E-state index contributed by atoms with van der Waals surface area (Å²) in [4.78, 5) is 13.7. The number of rotatable bonds is 11. The predicted molar refractivity (Wildman–Crippen MR) is 172 cm³/mol. The van der Waals surface area contributed by atoms with Crippen LogP contribution in [0.5, 0.6) is 11.5 Å². The Morgan fingerprint density at radius 3 is 2.50 bits per heavy atom. The average Bonchev–Trinajstić information content (AvgIpc) is 3.61. The Balaban J connectivity index is 0.000000206. The summed E-state index contributed by atoms with van der Waals surface area (Å²) in [6.07, 6.45) is 10.5. The fourth-order valence-corrected chi connectivity index (χ4v) is 7.18. The molecule has 0 saturated carbocycles. The molecular weight excluding hydrogens is 825 g/mol. The summed E-state index contributed by atoms with van der Waals surface area (Å²) in [5.74, 6) is 0.225. The third-order valence-electron chi connectivity index (χ3n) is 8.30. The molecule has 3 unspecified atom stereocenters. The van der Waals surface area contributed by atoms with Gasteiger partial charge in [-0.2, -0.15) is 17.4 Å². The fourth-order valence-electron chi connectivity index (χ4n) is 6.11. The summed E-state index contributed by atoms with van der Waals surface area (Å²) in [5, 5.41) is 4.96. The van der Waals surface area contributed by atoms with Crippen LogP contribution in [0.3, 0.4) is 0 Å². The molecule has 236 valence electrons. The molecule has 1 fully saturated rings. The van der Waals surface area contributed by atoms with Crippen molar-refractivity contribution in [3.8, 4) is 11.5 Å². The Bertz CT molecular complexity index is 1410. The third-order valence-corrected chi connectivity index (χ3v) is 9.48. The van der Waals surface area contributed by atoms with E-state index in [1.807, 2.05) is 24.5 Å². The molecule has 0 aliphatic carbocycles. The van der Waals surface area contributed by atoms with Gasteiger partial charge in [-0.3, -0.25) is 0 Å². The first-order valence-electron chi connectivity index (χ1n) is 15.4. The molecule has 4 heterocycles. The smallest absolute Gasteiger partial charge is 0.278 e. The van der Waals surface area contributed by atoms with Gasteiger partial charge in [-0.05, 0) is 61.6 Å². The minimum absolute atomic E-state index is 0. The number of nitrogens with one attached hydrogen (secondary N) is 1. The van der Waals surface area contributed by atoms with E-state index < -0.39 is 11.6 Å². The molecule has 3 atom stereocenters. The number of nitrogens with zero attached hydrogens (tertiary/aromatic N) is 1. The van der Waals surface area contributed by atoms with Crippen LogP contribution >= 0.6 is 22.9 Å². The van der Waals surface area contributed by atoms with Gasteiger partial charge in [-0.25, -0.2) is 4.39 Å². The van der Waals surface area contributed by atoms with Gasteiger partial charge in [-0.15, -0.1) is 0 Å². The second kappa shape index (κ2) is 15.7. The largest absolute Gasteiger partial charge is 0.444 e. The number of fused-ring (bicyclic) bond motifs is 2. The number of benzene rings is 2. The first kappa shape index (κ1) is 35.1. The van der Waals surface area contributed by atoms with Crippen LogP contribution in [0.2, 0.25) is 5.02 Å². The van der Waals surface area contributed by atoms with E-state index in [-0.39, 0.29) is 31.1 Å². The molecule has 0 spiro atoms. The molecule has 1 saturated heterocycles. The predicted octanol–water partition coefficient (Wildman–Crippen LogP) is 9.16. The molecule has 44 heavy (non-hydrogen) atoms. The van der Waals surface area contributed by atoms with Crippen LogP contribution < -0.4 is 19.7 Å². The Morgan fingerprint density at radius 1 is 1.14 bits per heavy atom. The van der Waals surface area contributed by atoms with Crippen molar-refractivity contribution >= 4 is 39.9 Å². The number of ether oxygens (including phenoxy) is 3. The van der Waals surface area contributed by atoms with Crippen LogP contribution in [-0.2, 0) is 15.3 Å². The summed E-state index contributed by atoms with van der Waals surface area (Å²) in [5.41, 5.74) is 2.65. The van der Waals surface area contributed by atoms with E-state index in [0.29, 0.717) is 39.4 Å². The Hall–Kier alpha value is -1.76. The monoisotopic (exact) mass is 865 g/mol. The molecule has 0 bridgehead atoms. The summed E-state index contributed by atoms with van der Waals surface area (Å²) in [6, 6.07) is 12.5. The first-order chi connectivity index (χ1) is 20.8. The summed E-state index contributed by atoms with van der Waals surface area (Å²) in [7, 11) is 0. The van der Waals surface area contributed by atoms with Crippen LogP contribution in [-0.4, -0.2) is 31.7 Å². The molecule has 10 heteroatoms. The first-order valence-corrected chi connectivity index (χ1v) is 16.6. The number of hydrogen-bond acceptors (Lipinski definition) is 7. The number of halogens is 2. The van der Waals surface area contributed by atoms with Gasteiger partial charge >= 0.3 is 0 Å². The molecule has 3 aliphatic rings. The van der Waals surface area contributed by atoms with Crippen molar-refractivity contribution in [3.63, 3.8) is 0 Å². The zero-order valence-electron chi connectivity index (χ0n) is 25.9. The molecule has 3 aromatic rings. The third kappa shape index (κ3) is 7.61. The van der Waals surface area contributed by atoms with E-state index in [4.69, 9.17) is 25.8 Å². The van der Waals surface area contributed by atoms with Gasteiger partial charge in [0, 0.05) is 68.1 Å². The maximum absolute atomic E-state index is 14.4. The van der Waals surface area contributed by atoms with Crippen molar-refractivity contribution in [3.05, 3.63) is 69.3 Å². The number of carbonyl (C=O) groups excluding carboxylic acids is 1. The van der Waals surface area contributed by atoms with Crippen molar-refractivity contribution < 1.29 is 54.5 Å². The number of hydrogen-bond donors (Lipinski definition) is 1. The van der Waals surface area contributed by atoms with Crippen LogP contribution in [0, 0.1) is 36.9 Å². The van der Waals surface area contributed by atoms with Gasteiger partial charge in [0.25, 0.3) is 5.79 Å². The van der Waals surface area contributed by atoms with E-state index >= 15 is 0 Å². The molecule has 2 aromatic carbocycles. The molecule has 6 rings (SSSR count). The van der Waals surface area contributed by atoms with Gasteiger partial charge < -0.3 is 29.2 Å². The van der Waals surface area contributed by atoms with Crippen LogP contribution in [0.4, 0.5) is 15.1 Å². The quantitative estimate of drug-likeness (QED) is 0.194. The summed E-state index contributed by atoms with van der Waals surface area (Å²) >= 11 is 7.36. The zero-order valence-corrected chi connectivity index (χ0v) is 31.6. The SMILES string of the molecule is CCCC(CCC)c1cccc2c1OC(C)(c1ccc(Cl)cc1F)O2.CCCC1Nc2sc([C-]=O)cc2N1CC1CCO1.[U]. The number of para-hydroxylation sites is 1. The van der Waals surface area contributed by atoms with Crippen molar-refractivity contribution in [2.75, 3.05) is 23.4 Å².